The number of carbonyl (C=O) groups is 1. The second-order valence-corrected chi connectivity index (χ2v) is 12.6. The van der Waals surface area contributed by atoms with E-state index >= 15 is 0 Å². The number of rotatable bonds is 8. The Bertz CT molecular complexity index is 1470. The van der Waals surface area contributed by atoms with Crippen molar-refractivity contribution in [3.8, 4) is 11.1 Å². The molecule has 1 amide bonds. The smallest absolute Gasteiger partial charge is 0.245 e. The molecular formula is C31H42ClN7O3. The minimum Gasteiger partial charge on any atom is -0.385 e. The molecule has 3 aliphatic rings. The summed E-state index contributed by atoms with van der Waals surface area (Å²) in [5.74, 6) is 0.944. The molecule has 0 aliphatic carbocycles. The number of aromatic nitrogens is 4. The van der Waals surface area contributed by atoms with Gasteiger partial charge in [0, 0.05) is 68.6 Å². The number of H-pyrrole nitrogens is 1. The second-order valence-electron chi connectivity index (χ2n) is 12.3. The summed E-state index contributed by atoms with van der Waals surface area (Å²) < 4.78 is 13.4. The predicted octanol–water partition coefficient (Wildman–Crippen LogP) is 4.36. The van der Waals surface area contributed by atoms with Crippen molar-refractivity contribution in [2.45, 2.75) is 57.7 Å². The summed E-state index contributed by atoms with van der Waals surface area (Å²) >= 11 is 7.16. The number of halogens is 1. The number of amides is 1. The van der Waals surface area contributed by atoms with E-state index < -0.39 is 0 Å². The van der Waals surface area contributed by atoms with Crippen LogP contribution in [0.15, 0.2) is 24.9 Å². The SMILES string of the molecule is C=CC(=O)N1CCC(n2nc(N3CCN(C4COC4)C[C@]3(C)CCOC)c(-c3c(Cl)c(C)cc4[nH]ncc34)c2C)CC1. The van der Waals surface area contributed by atoms with Crippen molar-refractivity contribution in [2.75, 3.05) is 64.6 Å². The number of carbonyl (C=O) groups excluding carboxylic acids is 1. The van der Waals surface area contributed by atoms with E-state index in [4.69, 9.17) is 26.2 Å². The van der Waals surface area contributed by atoms with Crippen molar-refractivity contribution < 1.29 is 14.3 Å². The lowest BCUT2D eigenvalue weighted by Crippen LogP contribution is -2.66. The van der Waals surface area contributed by atoms with Gasteiger partial charge in [0.1, 0.15) is 0 Å². The van der Waals surface area contributed by atoms with E-state index in [2.05, 4.69) is 51.2 Å². The molecule has 3 fully saturated rings. The molecule has 1 aromatic carbocycles. The molecule has 0 saturated carbocycles. The zero-order valence-electron chi connectivity index (χ0n) is 25.2. The number of hydrogen-bond donors (Lipinski definition) is 1. The van der Waals surface area contributed by atoms with E-state index in [1.165, 1.54) is 6.08 Å². The number of hydrogen-bond acceptors (Lipinski definition) is 7. The van der Waals surface area contributed by atoms with Crippen molar-refractivity contribution in [1.82, 2.24) is 29.8 Å². The Morgan fingerprint density at radius 3 is 2.64 bits per heavy atom. The third-order valence-electron chi connectivity index (χ3n) is 9.59. The molecule has 2 aromatic heterocycles. The van der Waals surface area contributed by atoms with Crippen LogP contribution in [0.25, 0.3) is 22.0 Å². The van der Waals surface area contributed by atoms with E-state index in [0.717, 1.165) is 96.2 Å². The van der Waals surface area contributed by atoms with Crippen LogP contribution in [-0.4, -0.2) is 107 Å². The Morgan fingerprint density at radius 2 is 1.98 bits per heavy atom. The van der Waals surface area contributed by atoms with Crippen molar-refractivity contribution >= 4 is 34.2 Å². The van der Waals surface area contributed by atoms with E-state index in [9.17, 15) is 4.79 Å². The van der Waals surface area contributed by atoms with Crippen molar-refractivity contribution in [1.29, 1.82) is 0 Å². The van der Waals surface area contributed by atoms with Crippen LogP contribution in [0.4, 0.5) is 5.82 Å². The molecule has 5 heterocycles. The number of fused-ring (bicyclic) bond motifs is 1. The summed E-state index contributed by atoms with van der Waals surface area (Å²) in [5.41, 5.74) is 4.85. The first-order valence-corrected chi connectivity index (χ1v) is 15.3. The molecule has 0 bridgehead atoms. The summed E-state index contributed by atoms with van der Waals surface area (Å²) in [7, 11) is 1.77. The quantitative estimate of drug-likeness (QED) is 0.387. The molecule has 226 valence electrons. The van der Waals surface area contributed by atoms with Gasteiger partial charge >= 0.3 is 0 Å². The van der Waals surface area contributed by atoms with Gasteiger partial charge in [0.2, 0.25) is 5.91 Å². The topological polar surface area (TPSA) is 91.8 Å². The van der Waals surface area contributed by atoms with Crippen LogP contribution in [0, 0.1) is 13.8 Å². The number of piperazine rings is 1. The number of nitrogens with zero attached hydrogens (tertiary/aromatic N) is 6. The average Bonchev–Trinajstić information content (AvgIpc) is 3.55. The van der Waals surface area contributed by atoms with Gasteiger partial charge in [-0.2, -0.15) is 10.2 Å². The summed E-state index contributed by atoms with van der Waals surface area (Å²) in [5, 5.41) is 14.7. The lowest BCUT2D eigenvalue weighted by atomic mass is 9.89. The number of likely N-dealkylation sites (tertiary alicyclic amines) is 1. The van der Waals surface area contributed by atoms with Crippen LogP contribution >= 0.6 is 11.6 Å². The maximum Gasteiger partial charge on any atom is 0.245 e. The zero-order valence-corrected chi connectivity index (χ0v) is 25.9. The molecule has 3 saturated heterocycles. The van der Waals surface area contributed by atoms with Crippen LogP contribution in [0.3, 0.4) is 0 Å². The van der Waals surface area contributed by atoms with Gasteiger partial charge in [-0.3, -0.25) is 19.5 Å². The van der Waals surface area contributed by atoms with Gasteiger partial charge in [0.25, 0.3) is 0 Å². The van der Waals surface area contributed by atoms with Gasteiger partial charge in [-0.1, -0.05) is 18.2 Å². The van der Waals surface area contributed by atoms with Crippen molar-refractivity contribution in [2.24, 2.45) is 0 Å². The molecule has 3 aliphatic heterocycles. The number of methoxy groups -OCH3 is 1. The fourth-order valence-corrected chi connectivity index (χ4v) is 7.24. The Kier molecular flexibility index (Phi) is 8.08. The zero-order chi connectivity index (χ0) is 29.6. The molecule has 3 aromatic rings. The monoisotopic (exact) mass is 595 g/mol. The molecule has 0 unspecified atom stereocenters. The van der Waals surface area contributed by atoms with Crippen LogP contribution < -0.4 is 4.90 Å². The Balaban J connectivity index is 1.47. The van der Waals surface area contributed by atoms with Crippen molar-refractivity contribution in [3.05, 3.63) is 41.2 Å². The third kappa shape index (κ3) is 5.02. The predicted molar refractivity (Wildman–Crippen MR) is 165 cm³/mol. The first-order valence-electron chi connectivity index (χ1n) is 15.0. The van der Waals surface area contributed by atoms with Crippen LogP contribution in [0.2, 0.25) is 5.02 Å². The number of nitrogens with one attached hydrogen (secondary N) is 1. The Labute approximate surface area is 252 Å². The summed E-state index contributed by atoms with van der Waals surface area (Å²) in [4.78, 5) is 19.2. The standard InChI is InChI=1S/C31H42ClN7O3/c1-6-26(40)36-10-7-22(8-11-36)39-21(3)27(28-24-16-33-34-25(24)15-20(2)29(28)32)30(35-39)38-13-12-37(23-17-42-18-23)19-31(38,4)9-14-41-5/h6,15-16,22-23H,1,7-14,17-19H2,2-5H3,(H,33,34)/t31-/m0/s1. The maximum atomic E-state index is 12.3. The maximum absolute atomic E-state index is 12.3. The largest absolute Gasteiger partial charge is 0.385 e. The molecule has 42 heavy (non-hydrogen) atoms. The molecule has 10 nitrogen and oxygen atoms in total. The number of piperidine rings is 1. The highest BCUT2D eigenvalue weighted by Gasteiger charge is 2.44. The average molecular weight is 596 g/mol. The number of ether oxygens (including phenoxy) is 2. The lowest BCUT2D eigenvalue weighted by molar-refractivity contribution is -0.127. The van der Waals surface area contributed by atoms with Gasteiger partial charge in [-0.15, -0.1) is 0 Å². The van der Waals surface area contributed by atoms with Gasteiger partial charge in [0.05, 0.1) is 47.6 Å². The van der Waals surface area contributed by atoms with Gasteiger partial charge in [-0.25, -0.2) is 0 Å². The van der Waals surface area contributed by atoms with Crippen LogP contribution in [0.1, 0.15) is 43.5 Å². The lowest BCUT2D eigenvalue weighted by Gasteiger charge is -2.52. The van der Waals surface area contributed by atoms with Gasteiger partial charge in [0.15, 0.2) is 5.82 Å². The molecule has 0 radical (unpaired) electrons. The summed E-state index contributed by atoms with van der Waals surface area (Å²) in [6.45, 7) is 16.5. The molecule has 1 N–H and O–H groups in total. The van der Waals surface area contributed by atoms with E-state index in [0.29, 0.717) is 25.7 Å². The number of aromatic amines is 1. The summed E-state index contributed by atoms with van der Waals surface area (Å²) in [6, 6.07) is 2.70. The molecule has 0 spiro atoms. The fraction of sp³-hybridized carbons (Fsp3) is 0.581. The molecule has 6 rings (SSSR count). The minimum atomic E-state index is -0.213. The Morgan fingerprint density at radius 1 is 1.21 bits per heavy atom. The van der Waals surface area contributed by atoms with Crippen LogP contribution in [-0.2, 0) is 14.3 Å². The minimum absolute atomic E-state index is 0.00967. The second kappa shape index (κ2) is 11.6. The van der Waals surface area contributed by atoms with E-state index in [1.807, 2.05) is 18.0 Å². The van der Waals surface area contributed by atoms with Gasteiger partial charge in [-0.05, 0) is 57.7 Å². The number of anilines is 1. The molecular weight excluding hydrogens is 554 g/mol. The first kappa shape index (κ1) is 29.2. The summed E-state index contributed by atoms with van der Waals surface area (Å²) in [6.07, 6.45) is 5.81. The van der Waals surface area contributed by atoms with Gasteiger partial charge < -0.3 is 19.3 Å². The Hall–Kier alpha value is -2.92. The molecule has 1 atom stereocenters. The van der Waals surface area contributed by atoms with Crippen LogP contribution in [0.5, 0.6) is 0 Å². The number of benzene rings is 1. The highest BCUT2D eigenvalue weighted by molar-refractivity contribution is 6.36. The highest BCUT2D eigenvalue weighted by atomic mass is 35.5. The molecule has 11 heteroatoms. The van der Waals surface area contributed by atoms with E-state index in [1.54, 1.807) is 7.11 Å². The third-order valence-corrected chi connectivity index (χ3v) is 10.1. The fourth-order valence-electron chi connectivity index (χ4n) is 6.99. The van der Waals surface area contributed by atoms with Crippen molar-refractivity contribution in [3.63, 3.8) is 0 Å². The van der Waals surface area contributed by atoms with E-state index in [-0.39, 0.29) is 17.5 Å². The normalized spacial score (nSPS) is 22.6. The number of aryl methyl sites for hydroxylation is 1. The highest BCUT2D eigenvalue weighted by Crippen LogP contribution is 2.46. The first-order chi connectivity index (χ1) is 20.3.